The summed E-state index contributed by atoms with van der Waals surface area (Å²) in [6.07, 6.45) is 0.761. The molecule has 2 aliphatic heterocycles. The molecular formula is C14H17NO4. The van der Waals surface area contributed by atoms with E-state index >= 15 is 0 Å². The quantitative estimate of drug-likeness (QED) is 0.774. The average Bonchev–Trinajstić information content (AvgIpc) is 2.94. The highest BCUT2D eigenvalue weighted by molar-refractivity contribution is 5.77. The molecule has 0 aliphatic carbocycles. The van der Waals surface area contributed by atoms with Gasteiger partial charge in [0, 0.05) is 13.0 Å². The number of cyclic esters (lactones) is 1. The zero-order valence-corrected chi connectivity index (χ0v) is 11.1. The number of esters is 1. The molecule has 3 rings (SSSR count). The van der Waals surface area contributed by atoms with Crippen molar-refractivity contribution in [2.45, 2.75) is 32.0 Å². The Kier molecular flexibility index (Phi) is 3.06. The summed E-state index contributed by atoms with van der Waals surface area (Å²) in [6, 6.07) is 5.71. The summed E-state index contributed by atoms with van der Waals surface area (Å²) in [4.78, 5) is 13.7. The van der Waals surface area contributed by atoms with Gasteiger partial charge in [0.2, 0.25) is 6.79 Å². The van der Waals surface area contributed by atoms with Gasteiger partial charge in [0.25, 0.3) is 0 Å². The number of ether oxygens (including phenoxy) is 3. The van der Waals surface area contributed by atoms with Gasteiger partial charge in [-0.25, -0.2) is 0 Å². The van der Waals surface area contributed by atoms with Gasteiger partial charge in [-0.2, -0.15) is 0 Å². The Morgan fingerprint density at radius 3 is 2.84 bits per heavy atom. The Balaban J connectivity index is 1.69. The van der Waals surface area contributed by atoms with E-state index in [4.69, 9.17) is 14.2 Å². The number of likely N-dealkylation sites (N-methyl/N-ethyl adjacent to an activating group) is 1. The molecule has 0 radical (unpaired) electrons. The predicted octanol–water partition coefficient (Wildman–Crippen LogP) is 1.55. The molecule has 19 heavy (non-hydrogen) atoms. The van der Waals surface area contributed by atoms with Crippen molar-refractivity contribution in [1.82, 2.24) is 4.90 Å². The smallest absolute Gasteiger partial charge is 0.323 e. The van der Waals surface area contributed by atoms with Crippen LogP contribution < -0.4 is 9.47 Å². The molecule has 1 aromatic carbocycles. The van der Waals surface area contributed by atoms with Crippen molar-refractivity contribution < 1.29 is 19.0 Å². The molecule has 5 heteroatoms. The molecule has 2 heterocycles. The number of benzene rings is 1. The molecule has 5 nitrogen and oxygen atoms in total. The molecule has 0 amide bonds. The Hall–Kier alpha value is -1.75. The van der Waals surface area contributed by atoms with Crippen molar-refractivity contribution in [3.63, 3.8) is 0 Å². The molecule has 0 bridgehead atoms. The molecule has 1 saturated heterocycles. The van der Waals surface area contributed by atoms with Crippen LogP contribution in [0.5, 0.6) is 11.5 Å². The molecule has 2 aliphatic rings. The van der Waals surface area contributed by atoms with E-state index < -0.39 is 0 Å². The van der Waals surface area contributed by atoms with E-state index in [1.54, 1.807) is 0 Å². The topological polar surface area (TPSA) is 48.0 Å². The molecule has 0 unspecified atom stereocenters. The van der Waals surface area contributed by atoms with Gasteiger partial charge in [-0.05, 0) is 31.7 Å². The van der Waals surface area contributed by atoms with Crippen LogP contribution in [0.15, 0.2) is 18.2 Å². The number of rotatable bonds is 3. The van der Waals surface area contributed by atoms with E-state index in [1.165, 1.54) is 0 Å². The fraction of sp³-hybridized carbons (Fsp3) is 0.500. The number of carbonyl (C=O) groups excluding carboxylic acids is 1. The second kappa shape index (κ2) is 4.74. The fourth-order valence-corrected chi connectivity index (χ4v) is 2.53. The first kappa shape index (κ1) is 12.3. The van der Waals surface area contributed by atoms with Crippen molar-refractivity contribution in [3.05, 3.63) is 23.8 Å². The van der Waals surface area contributed by atoms with Gasteiger partial charge in [0.05, 0.1) is 0 Å². The summed E-state index contributed by atoms with van der Waals surface area (Å²) in [5.74, 6) is 1.42. The van der Waals surface area contributed by atoms with Crippen molar-refractivity contribution in [1.29, 1.82) is 0 Å². The van der Waals surface area contributed by atoms with E-state index in [-0.39, 0.29) is 24.9 Å². The molecule has 1 aromatic rings. The Morgan fingerprint density at radius 1 is 1.32 bits per heavy atom. The maximum atomic E-state index is 11.7. The lowest BCUT2D eigenvalue weighted by Gasteiger charge is -2.21. The summed E-state index contributed by atoms with van der Waals surface area (Å²) >= 11 is 0. The highest BCUT2D eigenvalue weighted by Crippen LogP contribution is 2.33. The second-order valence-corrected chi connectivity index (χ2v) is 5.10. The zero-order chi connectivity index (χ0) is 13.4. The van der Waals surface area contributed by atoms with E-state index in [0.29, 0.717) is 6.54 Å². The van der Waals surface area contributed by atoms with Crippen molar-refractivity contribution in [2.75, 3.05) is 13.8 Å². The summed E-state index contributed by atoms with van der Waals surface area (Å²) in [5, 5.41) is 0. The minimum absolute atomic E-state index is 0.0108. The predicted molar refractivity (Wildman–Crippen MR) is 68.0 cm³/mol. The lowest BCUT2D eigenvalue weighted by Crippen LogP contribution is -2.34. The maximum absolute atomic E-state index is 11.7. The highest BCUT2D eigenvalue weighted by atomic mass is 16.7. The Bertz CT molecular complexity index is 502. The van der Waals surface area contributed by atoms with Gasteiger partial charge in [-0.1, -0.05) is 6.07 Å². The largest absolute Gasteiger partial charge is 0.461 e. The number of fused-ring (bicyclic) bond motifs is 1. The Labute approximate surface area is 112 Å². The molecule has 2 atom stereocenters. The summed E-state index contributed by atoms with van der Waals surface area (Å²) < 4.78 is 15.8. The second-order valence-electron chi connectivity index (χ2n) is 5.10. The first-order valence-electron chi connectivity index (χ1n) is 6.43. The number of hydrogen-bond donors (Lipinski definition) is 0. The summed E-state index contributed by atoms with van der Waals surface area (Å²) in [6.45, 7) is 2.89. The minimum atomic E-state index is -0.152. The normalized spacial score (nSPS) is 24.9. The number of hydrogen-bond acceptors (Lipinski definition) is 5. The van der Waals surface area contributed by atoms with Gasteiger partial charge in [0.15, 0.2) is 11.5 Å². The van der Waals surface area contributed by atoms with E-state index in [1.807, 2.05) is 37.1 Å². The van der Waals surface area contributed by atoms with E-state index in [0.717, 1.165) is 23.5 Å². The SMILES string of the molecule is C[C@H]1C[C@@H](N(C)Cc2ccc3c(c2)OCO3)C(=O)O1. The Morgan fingerprint density at radius 2 is 2.11 bits per heavy atom. The van der Waals surface area contributed by atoms with Gasteiger partial charge in [-0.15, -0.1) is 0 Å². The molecular weight excluding hydrogens is 246 g/mol. The van der Waals surface area contributed by atoms with Gasteiger partial charge in [-0.3, -0.25) is 9.69 Å². The molecule has 1 fully saturated rings. The van der Waals surface area contributed by atoms with Crippen LogP contribution in [0.25, 0.3) is 0 Å². The first-order chi connectivity index (χ1) is 9.13. The van der Waals surface area contributed by atoms with Crippen LogP contribution in [0.1, 0.15) is 18.9 Å². The van der Waals surface area contributed by atoms with E-state index in [9.17, 15) is 4.79 Å². The fourth-order valence-electron chi connectivity index (χ4n) is 2.53. The van der Waals surface area contributed by atoms with Crippen molar-refractivity contribution in [3.8, 4) is 11.5 Å². The number of nitrogens with zero attached hydrogens (tertiary/aromatic N) is 1. The highest BCUT2D eigenvalue weighted by Gasteiger charge is 2.34. The van der Waals surface area contributed by atoms with Gasteiger partial charge >= 0.3 is 5.97 Å². The molecule has 0 saturated carbocycles. The molecule has 0 N–H and O–H groups in total. The third-order valence-corrected chi connectivity index (χ3v) is 3.55. The van der Waals surface area contributed by atoms with Crippen LogP contribution in [0, 0.1) is 0 Å². The zero-order valence-electron chi connectivity index (χ0n) is 11.1. The van der Waals surface area contributed by atoms with Crippen molar-refractivity contribution in [2.24, 2.45) is 0 Å². The van der Waals surface area contributed by atoms with Crippen LogP contribution in [-0.4, -0.2) is 36.9 Å². The standard InChI is InChI=1S/C14H17NO4/c1-9-5-11(14(16)19-9)15(2)7-10-3-4-12-13(6-10)18-8-17-12/h3-4,6,9,11H,5,7-8H2,1-2H3/t9-,11+/m0/s1. The van der Waals surface area contributed by atoms with Crippen LogP contribution in [0.4, 0.5) is 0 Å². The van der Waals surface area contributed by atoms with Crippen molar-refractivity contribution >= 4 is 5.97 Å². The molecule has 102 valence electrons. The van der Waals surface area contributed by atoms with E-state index in [2.05, 4.69) is 0 Å². The van der Waals surface area contributed by atoms with Crippen LogP contribution in [-0.2, 0) is 16.1 Å². The number of carbonyl (C=O) groups is 1. The maximum Gasteiger partial charge on any atom is 0.323 e. The first-order valence-corrected chi connectivity index (χ1v) is 6.43. The van der Waals surface area contributed by atoms with Gasteiger partial charge < -0.3 is 14.2 Å². The summed E-state index contributed by atoms with van der Waals surface area (Å²) in [7, 11) is 1.94. The third-order valence-electron chi connectivity index (χ3n) is 3.55. The third kappa shape index (κ3) is 2.38. The van der Waals surface area contributed by atoms with Crippen LogP contribution in [0.2, 0.25) is 0 Å². The lowest BCUT2D eigenvalue weighted by atomic mass is 10.1. The molecule has 0 spiro atoms. The summed E-state index contributed by atoms with van der Waals surface area (Å²) in [5.41, 5.74) is 1.10. The monoisotopic (exact) mass is 263 g/mol. The minimum Gasteiger partial charge on any atom is -0.461 e. The van der Waals surface area contributed by atoms with Gasteiger partial charge in [0.1, 0.15) is 12.1 Å². The van der Waals surface area contributed by atoms with Crippen LogP contribution >= 0.6 is 0 Å². The lowest BCUT2D eigenvalue weighted by molar-refractivity contribution is -0.144. The molecule has 0 aromatic heterocycles. The average molecular weight is 263 g/mol. The van der Waals surface area contributed by atoms with Crippen LogP contribution in [0.3, 0.4) is 0 Å².